The normalized spacial score (nSPS) is 10.7. The summed E-state index contributed by atoms with van der Waals surface area (Å²) >= 11 is 3.55. The Morgan fingerprint density at radius 1 is 1.35 bits per heavy atom. The van der Waals surface area contributed by atoms with Gasteiger partial charge in [0.15, 0.2) is 0 Å². The van der Waals surface area contributed by atoms with Crippen LogP contribution in [0.25, 0.3) is 0 Å². The molecule has 0 fully saturated rings. The van der Waals surface area contributed by atoms with Gasteiger partial charge in [0, 0.05) is 29.3 Å². The Labute approximate surface area is 110 Å². The Kier molecular flexibility index (Phi) is 4.34. The Morgan fingerprint density at radius 3 is 2.94 bits per heavy atom. The number of aromatic amines is 1. The predicted octanol–water partition coefficient (Wildman–Crippen LogP) is 2.87. The van der Waals surface area contributed by atoms with Gasteiger partial charge in [0.2, 0.25) is 0 Å². The predicted molar refractivity (Wildman–Crippen MR) is 72.9 cm³/mol. The van der Waals surface area contributed by atoms with Crippen molar-refractivity contribution in [2.45, 2.75) is 19.9 Å². The van der Waals surface area contributed by atoms with Gasteiger partial charge in [-0.05, 0) is 18.2 Å². The smallest absolute Gasteiger partial charge is 0.110 e. The summed E-state index contributed by atoms with van der Waals surface area (Å²) in [6.45, 7) is 3.91. The monoisotopic (exact) mass is 293 g/mol. The third-order valence-corrected chi connectivity index (χ3v) is 3.34. The molecule has 2 aromatic rings. The molecule has 0 spiro atoms. The second-order valence-corrected chi connectivity index (χ2v) is 4.76. The number of hydrogen-bond donors (Lipinski definition) is 2. The van der Waals surface area contributed by atoms with E-state index in [0.29, 0.717) is 0 Å². The number of H-pyrrole nitrogens is 1. The van der Waals surface area contributed by atoms with Gasteiger partial charge in [-0.25, -0.2) is 4.98 Å². The summed E-state index contributed by atoms with van der Waals surface area (Å²) in [5.41, 5.74) is 2.38. The van der Waals surface area contributed by atoms with Gasteiger partial charge in [0.1, 0.15) is 5.82 Å². The van der Waals surface area contributed by atoms with E-state index in [2.05, 4.69) is 50.3 Å². The van der Waals surface area contributed by atoms with Crippen molar-refractivity contribution in [2.24, 2.45) is 0 Å². The highest BCUT2D eigenvalue weighted by Crippen LogP contribution is 2.18. The van der Waals surface area contributed by atoms with Crippen molar-refractivity contribution in [3.8, 4) is 0 Å². The molecule has 17 heavy (non-hydrogen) atoms. The topological polar surface area (TPSA) is 40.7 Å². The third-order valence-electron chi connectivity index (χ3n) is 2.56. The van der Waals surface area contributed by atoms with E-state index in [0.717, 1.165) is 35.5 Å². The number of rotatable bonds is 5. The number of benzene rings is 1. The van der Waals surface area contributed by atoms with Crippen LogP contribution in [0.1, 0.15) is 24.0 Å². The van der Waals surface area contributed by atoms with Crippen molar-refractivity contribution >= 4 is 15.9 Å². The first-order chi connectivity index (χ1) is 8.29. The Balaban J connectivity index is 2.04. The molecule has 0 bridgehead atoms. The van der Waals surface area contributed by atoms with Gasteiger partial charge in [0.05, 0.1) is 0 Å². The average Bonchev–Trinajstić information content (AvgIpc) is 2.77. The molecule has 1 aromatic heterocycles. The lowest BCUT2D eigenvalue weighted by molar-refractivity contribution is 0.712. The van der Waals surface area contributed by atoms with Crippen LogP contribution in [0.3, 0.4) is 0 Å². The minimum Gasteiger partial charge on any atom is -0.345 e. The van der Waals surface area contributed by atoms with Crippen LogP contribution in [0, 0.1) is 0 Å². The van der Waals surface area contributed by atoms with Crippen molar-refractivity contribution in [3.05, 3.63) is 52.0 Å². The van der Waals surface area contributed by atoms with Crippen molar-refractivity contribution in [3.63, 3.8) is 0 Å². The molecule has 0 aliphatic rings. The molecule has 3 nitrogen and oxygen atoms in total. The zero-order chi connectivity index (χ0) is 12.1. The van der Waals surface area contributed by atoms with Crippen LogP contribution in [0.5, 0.6) is 0 Å². The summed E-state index contributed by atoms with van der Waals surface area (Å²) in [7, 11) is 0. The Hall–Kier alpha value is -1.13. The molecule has 1 heterocycles. The van der Waals surface area contributed by atoms with Gasteiger partial charge in [-0.2, -0.15) is 0 Å². The molecular formula is C13H16BrN3. The summed E-state index contributed by atoms with van der Waals surface area (Å²) in [5, 5.41) is 3.27. The van der Waals surface area contributed by atoms with E-state index >= 15 is 0 Å². The number of imidazole rings is 1. The number of halogens is 1. The van der Waals surface area contributed by atoms with Gasteiger partial charge in [-0.1, -0.05) is 41.1 Å². The minimum absolute atomic E-state index is 0.827. The van der Waals surface area contributed by atoms with Crippen molar-refractivity contribution in [1.82, 2.24) is 15.3 Å². The van der Waals surface area contributed by atoms with Crippen LogP contribution >= 0.6 is 15.9 Å². The number of nitrogens with zero attached hydrogens (tertiary/aromatic N) is 1. The number of nitrogens with one attached hydrogen (secondary N) is 2. The highest BCUT2D eigenvalue weighted by atomic mass is 79.9. The fourth-order valence-corrected chi connectivity index (χ4v) is 2.09. The molecule has 1 aromatic carbocycles. The summed E-state index contributed by atoms with van der Waals surface area (Å²) in [4.78, 5) is 7.72. The van der Waals surface area contributed by atoms with Crippen molar-refractivity contribution in [1.29, 1.82) is 0 Å². The maximum absolute atomic E-state index is 4.39. The maximum Gasteiger partial charge on any atom is 0.110 e. The number of hydrogen-bond acceptors (Lipinski definition) is 2. The van der Waals surface area contributed by atoms with Crippen molar-refractivity contribution in [2.75, 3.05) is 6.54 Å². The molecule has 0 radical (unpaired) electrons. The number of aromatic nitrogens is 2. The molecule has 0 unspecified atom stereocenters. The molecule has 0 saturated carbocycles. The molecule has 90 valence electrons. The maximum atomic E-state index is 4.39. The fourth-order valence-electron chi connectivity index (χ4n) is 1.67. The molecule has 0 saturated heterocycles. The van der Waals surface area contributed by atoms with E-state index in [4.69, 9.17) is 0 Å². The average molecular weight is 294 g/mol. The van der Waals surface area contributed by atoms with Gasteiger partial charge >= 0.3 is 0 Å². The first kappa shape index (κ1) is 12.3. The van der Waals surface area contributed by atoms with Crippen LogP contribution in [-0.2, 0) is 13.0 Å². The third kappa shape index (κ3) is 3.41. The Bertz CT molecular complexity index is 479. The zero-order valence-corrected chi connectivity index (χ0v) is 11.4. The van der Waals surface area contributed by atoms with Crippen molar-refractivity contribution < 1.29 is 0 Å². The van der Waals surface area contributed by atoms with Crippen LogP contribution in [0.4, 0.5) is 0 Å². The minimum atomic E-state index is 0.827. The summed E-state index contributed by atoms with van der Waals surface area (Å²) in [6, 6.07) is 8.23. The second kappa shape index (κ2) is 5.98. The van der Waals surface area contributed by atoms with Gasteiger partial charge in [-0.15, -0.1) is 0 Å². The largest absolute Gasteiger partial charge is 0.345 e. The van der Waals surface area contributed by atoms with Crippen LogP contribution < -0.4 is 5.32 Å². The van der Waals surface area contributed by atoms with Crippen LogP contribution in [0.15, 0.2) is 34.9 Å². The molecular weight excluding hydrogens is 278 g/mol. The summed E-state index contributed by atoms with van der Waals surface area (Å²) < 4.78 is 1.13. The summed E-state index contributed by atoms with van der Waals surface area (Å²) in [5.74, 6) is 1.00. The lowest BCUT2D eigenvalue weighted by atomic mass is 10.1. The van der Waals surface area contributed by atoms with Gasteiger partial charge < -0.3 is 10.3 Å². The Morgan fingerprint density at radius 2 is 2.18 bits per heavy atom. The highest BCUT2D eigenvalue weighted by molar-refractivity contribution is 9.10. The molecule has 0 amide bonds. The highest BCUT2D eigenvalue weighted by Gasteiger charge is 2.04. The van der Waals surface area contributed by atoms with Crippen LogP contribution in [-0.4, -0.2) is 16.5 Å². The van der Waals surface area contributed by atoms with E-state index in [1.54, 1.807) is 0 Å². The summed E-state index contributed by atoms with van der Waals surface area (Å²) in [6.07, 6.45) is 2.72. The molecule has 0 aliphatic carbocycles. The first-order valence-corrected chi connectivity index (χ1v) is 6.55. The van der Waals surface area contributed by atoms with E-state index in [1.165, 1.54) is 5.56 Å². The molecule has 0 aliphatic heterocycles. The van der Waals surface area contributed by atoms with E-state index in [9.17, 15) is 0 Å². The lowest BCUT2D eigenvalue weighted by Gasteiger charge is -2.01. The quantitative estimate of drug-likeness (QED) is 0.890. The second-order valence-electron chi connectivity index (χ2n) is 3.90. The first-order valence-electron chi connectivity index (χ1n) is 5.76. The molecule has 2 N–H and O–H groups in total. The lowest BCUT2D eigenvalue weighted by Crippen LogP contribution is -2.11. The van der Waals surface area contributed by atoms with Gasteiger partial charge in [-0.3, -0.25) is 0 Å². The van der Waals surface area contributed by atoms with E-state index in [-0.39, 0.29) is 0 Å². The fraction of sp³-hybridized carbons (Fsp3) is 0.308. The molecule has 2 rings (SSSR count). The molecule has 4 heteroatoms. The van der Waals surface area contributed by atoms with Crippen LogP contribution in [0.2, 0.25) is 0 Å². The SMILES string of the molecule is CCNCc1cnc(Cc2ccccc2Br)[nH]1. The zero-order valence-electron chi connectivity index (χ0n) is 9.83. The standard InChI is InChI=1S/C13H16BrN3/c1-2-15-8-11-9-16-13(17-11)7-10-5-3-4-6-12(10)14/h3-6,9,15H,2,7-8H2,1H3,(H,16,17). The molecule has 0 atom stereocenters. The van der Waals surface area contributed by atoms with Gasteiger partial charge in [0.25, 0.3) is 0 Å². The van der Waals surface area contributed by atoms with E-state index in [1.807, 2.05) is 18.3 Å². The van der Waals surface area contributed by atoms with E-state index < -0.39 is 0 Å².